The quantitative estimate of drug-likeness (QED) is 0.450. The topological polar surface area (TPSA) is 110 Å². The van der Waals surface area contributed by atoms with E-state index < -0.39 is 16.1 Å². The van der Waals surface area contributed by atoms with Crippen LogP contribution in [0, 0.1) is 0 Å². The van der Waals surface area contributed by atoms with Gasteiger partial charge in [0.15, 0.2) is 5.79 Å². The highest BCUT2D eigenvalue weighted by atomic mass is 35.5. The second-order valence-corrected chi connectivity index (χ2v) is 7.03. The molecule has 8 heteroatoms. The molecule has 140 valence electrons. The van der Waals surface area contributed by atoms with Gasteiger partial charge in [0.05, 0.1) is 6.61 Å². The van der Waals surface area contributed by atoms with Crippen molar-refractivity contribution >= 4 is 21.9 Å². The minimum atomic E-state index is -3.79. The average molecular weight is 382 g/mol. The maximum atomic E-state index is 10.5. The number of hydrogen-bond donors (Lipinski definition) is 3. The fraction of sp³-hybridized carbons (Fsp3) is 0.625. The Morgan fingerprint density at radius 3 is 2.17 bits per heavy atom. The molecule has 0 aromatic heterocycles. The van der Waals surface area contributed by atoms with E-state index in [4.69, 9.17) is 27.0 Å². The molecule has 1 aromatic rings. The van der Waals surface area contributed by atoms with Crippen LogP contribution in [0.15, 0.2) is 24.3 Å². The molecule has 6 nitrogen and oxygen atoms in total. The summed E-state index contributed by atoms with van der Waals surface area (Å²) in [7, 11) is -3.79. The molecular formula is C16H28ClNO5S. The van der Waals surface area contributed by atoms with Gasteiger partial charge in [0, 0.05) is 5.02 Å². The Bertz CT molecular complexity index is 557. The summed E-state index contributed by atoms with van der Waals surface area (Å²) in [6, 6.07) is 7.70. The van der Waals surface area contributed by atoms with Gasteiger partial charge in [-0.3, -0.25) is 4.18 Å². The number of hydrogen-bond acceptors (Lipinski definition) is 5. The van der Waals surface area contributed by atoms with Gasteiger partial charge in [-0.15, -0.1) is 0 Å². The van der Waals surface area contributed by atoms with Crippen LogP contribution in [-0.2, 0) is 20.9 Å². The van der Waals surface area contributed by atoms with Crippen LogP contribution < -0.4 is 5.14 Å². The molecule has 0 aliphatic heterocycles. The molecule has 0 radical (unpaired) electrons. The van der Waals surface area contributed by atoms with Crippen LogP contribution >= 0.6 is 11.6 Å². The zero-order valence-corrected chi connectivity index (χ0v) is 15.8. The third-order valence-electron chi connectivity index (χ3n) is 3.43. The van der Waals surface area contributed by atoms with Crippen molar-refractivity contribution in [3.8, 4) is 0 Å². The third-order valence-corrected chi connectivity index (χ3v) is 4.29. The number of aryl methyl sites for hydroxylation is 1. The number of rotatable bonds is 9. The molecule has 0 aliphatic carbocycles. The van der Waals surface area contributed by atoms with Crippen LogP contribution in [0.4, 0.5) is 0 Å². The van der Waals surface area contributed by atoms with Crippen molar-refractivity contribution in [2.45, 2.75) is 58.2 Å². The zero-order chi connectivity index (χ0) is 18.6. The van der Waals surface area contributed by atoms with Crippen LogP contribution in [0.3, 0.4) is 0 Å². The highest BCUT2D eigenvalue weighted by Gasteiger charge is 2.15. The lowest BCUT2D eigenvalue weighted by Crippen LogP contribution is -2.24. The summed E-state index contributed by atoms with van der Waals surface area (Å²) in [6.07, 6.45) is 4.18. The Balaban J connectivity index is 0.000000640. The Morgan fingerprint density at radius 1 is 1.12 bits per heavy atom. The molecule has 0 fully saturated rings. The van der Waals surface area contributed by atoms with Crippen LogP contribution in [0.5, 0.6) is 0 Å². The first-order valence-corrected chi connectivity index (χ1v) is 9.81. The molecule has 0 unspecified atom stereocenters. The Labute approximate surface area is 149 Å². The monoisotopic (exact) mass is 381 g/mol. The molecule has 1 rings (SSSR count). The van der Waals surface area contributed by atoms with Crippen LogP contribution in [0.25, 0.3) is 0 Å². The van der Waals surface area contributed by atoms with E-state index >= 15 is 0 Å². The van der Waals surface area contributed by atoms with E-state index in [0.717, 1.165) is 29.8 Å². The van der Waals surface area contributed by atoms with Gasteiger partial charge in [0.2, 0.25) is 0 Å². The molecule has 24 heavy (non-hydrogen) atoms. The summed E-state index contributed by atoms with van der Waals surface area (Å²) in [5.74, 6) is -1.42. The van der Waals surface area contributed by atoms with Crippen LogP contribution in [0.1, 0.15) is 51.5 Å². The van der Waals surface area contributed by atoms with Crippen molar-refractivity contribution in [1.29, 1.82) is 0 Å². The molecule has 0 amide bonds. The Kier molecular flexibility index (Phi) is 11.4. The lowest BCUT2D eigenvalue weighted by molar-refractivity contribution is -0.163. The SMILES string of the molecule is CCC(O)(O)CC.NS(=O)(=O)OCCCCCc1ccccc1Cl. The predicted molar refractivity (Wildman–Crippen MR) is 95.8 cm³/mol. The van der Waals surface area contributed by atoms with Crippen molar-refractivity contribution in [2.75, 3.05) is 6.61 Å². The Morgan fingerprint density at radius 2 is 1.71 bits per heavy atom. The summed E-state index contributed by atoms with van der Waals surface area (Å²) < 4.78 is 25.4. The maximum absolute atomic E-state index is 10.5. The van der Waals surface area contributed by atoms with Crippen molar-refractivity contribution in [3.63, 3.8) is 0 Å². The summed E-state index contributed by atoms with van der Waals surface area (Å²) in [4.78, 5) is 0. The standard InChI is InChI=1S/C11H16ClNO3S.C5H12O2/c12-11-8-4-3-7-10(11)6-2-1-5-9-16-17(13,14)15;1-3-5(6,7)4-2/h3-4,7-8H,1-2,5-6,9H2,(H2,13,14,15);6-7H,3-4H2,1-2H3. The minimum Gasteiger partial charge on any atom is -0.366 e. The predicted octanol–water partition coefficient (Wildman–Crippen LogP) is 2.76. The van der Waals surface area contributed by atoms with Gasteiger partial charge in [0.25, 0.3) is 0 Å². The van der Waals surface area contributed by atoms with Crippen LogP contribution in [-0.4, -0.2) is 31.0 Å². The molecule has 1 aromatic carbocycles. The summed E-state index contributed by atoms with van der Waals surface area (Å²) in [5.41, 5.74) is 1.11. The molecule has 0 saturated heterocycles. The van der Waals surface area contributed by atoms with Gasteiger partial charge >= 0.3 is 10.3 Å². The molecule has 0 saturated carbocycles. The first-order valence-electron chi connectivity index (χ1n) is 7.96. The van der Waals surface area contributed by atoms with Gasteiger partial charge in [0.1, 0.15) is 0 Å². The fourth-order valence-corrected chi connectivity index (χ4v) is 2.30. The molecule has 0 spiro atoms. The van der Waals surface area contributed by atoms with E-state index in [9.17, 15) is 8.42 Å². The number of benzene rings is 1. The van der Waals surface area contributed by atoms with E-state index in [1.165, 1.54) is 0 Å². The largest absolute Gasteiger partial charge is 0.366 e. The van der Waals surface area contributed by atoms with Crippen molar-refractivity contribution < 1.29 is 22.8 Å². The normalized spacial score (nSPS) is 11.8. The summed E-state index contributed by atoms with van der Waals surface area (Å²) in [5, 5.41) is 22.8. The molecular weight excluding hydrogens is 354 g/mol. The number of unbranched alkanes of at least 4 members (excludes halogenated alkanes) is 2. The molecule has 0 atom stereocenters. The number of nitrogens with two attached hydrogens (primary N) is 1. The van der Waals surface area contributed by atoms with E-state index in [2.05, 4.69) is 4.18 Å². The van der Waals surface area contributed by atoms with Crippen molar-refractivity contribution in [2.24, 2.45) is 5.14 Å². The molecule has 0 aliphatic rings. The lowest BCUT2D eigenvalue weighted by Gasteiger charge is -2.15. The zero-order valence-electron chi connectivity index (χ0n) is 14.2. The van der Waals surface area contributed by atoms with Gasteiger partial charge < -0.3 is 10.2 Å². The van der Waals surface area contributed by atoms with Crippen LogP contribution in [0.2, 0.25) is 5.02 Å². The summed E-state index contributed by atoms with van der Waals surface area (Å²) in [6.45, 7) is 3.62. The van der Waals surface area contributed by atoms with Gasteiger partial charge in [-0.25, -0.2) is 5.14 Å². The van der Waals surface area contributed by atoms with E-state index in [1.807, 2.05) is 24.3 Å². The Hall–Kier alpha value is -0.700. The minimum absolute atomic E-state index is 0.140. The summed E-state index contributed by atoms with van der Waals surface area (Å²) >= 11 is 6.00. The van der Waals surface area contributed by atoms with Gasteiger partial charge in [-0.1, -0.05) is 50.1 Å². The average Bonchev–Trinajstić information content (AvgIpc) is 2.52. The van der Waals surface area contributed by atoms with Gasteiger partial charge in [-0.05, 0) is 43.7 Å². The maximum Gasteiger partial charge on any atom is 0.333 e. The molecule has 0 bridgehead atoms. The van der Waals surface area contributed by atoms with E-state index in [-0.39, 0.29) is 6.61 Å². The van der Waals surface area contributed by atoms with Gasteiger partial charge in [-0.2, -0.15) is 8.42 Å². The van der Waals surface area contributed by atoms with Crippen molar-refractivity contribution in [3.05, 3.63) is 34.9 Å². The highest BCUT2D eigenvalue weighted by Crippen LogP contribution is 2.17. The van der Waals surface area contributed by atoms with Crippen molar-refractivity contribution in [1.82, 2.24) is 0 Å². The third kappa shape index (κ3) is 12.7. The number of aliphatic hydroxyl groups is 2. The fourth-order valence-electron chi connectivity index (χ4n) is 1.72. The highest BCUT2D eigenvalue weighted by molar-refractivity contribution is 7.84. The number of halogens is 1. The second-order valence-electron chi connectivity index (χ2n) is 5.41. The first-order chi connectivity index (χ1) is 11.1. The van der Waals surface area contributed by atoms with E-state index in [1.54, 1.807) is 13.8 Å². The molecule has 0 heterocycles. The smallest absolute Gasteiger partial charge is 0.333 e. The molecule has 4 N–H and O–H groups in total. The van der Waals surface area contributed by atoms with E-state index in [0.29, 0.717) is 19.3 Å². The first kappa shape index (κ1) is 23.3. The second kappa shape index (κ2) is 11.8. The lowest BCUT2D eigenvalue weighted by atomic mass is 10.1.